The molecule has 0 fully saturated rings. The lowest BCUT2D eigenvalue weighted by atomic mass is 10.2. The molecule has 110 valence electrons. The number of ether oxygens (including phenoxy) is 2. The largest absolute Gasteiger partial charge is 0.767 e. The van der Waals surface area contributed by atoms with Crippen LogP contribution in [0.15, 0.2) is 16.1 Å². The molecule has 1 aromatic rings. The number of nitriles is 1. The van der Waals surface area contributed by atoms with E-state index in [2.05, 4.69) is 9.72 Å². The molecular formula is C10H11N2O6S2-. The van der Waals surface area contributed by atoms with Gasteiger partial charge in [-0.3, -0.25) is 4.21 Å². The SMILES string of the molecule is COCOCc1cc(C#N)c(S(C)(=O)=O)nc1S(=O)[O-]. The van der Waals surface area contributed by atoms with E-state index in [0.717, 1.165) is 12.3 Å². The Morgan fingerprint density at radius 2 is 2.20 bits per heavy atom. The average molecular weight is 319 g/mol. The molecule has 0 radical (unpaired) electrons. The van der Waals surface area contributed by atoms with Gasteiger partial charge in [0.05, 0.1) is 12.2 Å². The Labute approximate surface area is 118 Å². The molecule has 0 aliphatic heterocycles. The van der Waals surface area contributed by atoms with Crippen molar-refractivity contribution in [2.24, 2.45) is 0 Å². The zero-order chi connectivity index (χ0) is 15.3. The van der Waals surface area contributed by atoms with Crippen LogP contribution in [0.3, 0.4) is 0 Å². The molecule has 0 amide bonds. The molecule has 1 unspecified atom stereocenters. The summed E-state index contributed by atoms with van der Waals surface area (Å²) >= 11 is -2.76. The summed E-state index contributed by atoms with van der Waals surface area (Å²) in [5.41, 5.74) is -0.156. The maximum atomic E-state index is 11.5. The van der Waals surface area contributed by atoms with Crippen LogP contribution in [-0.4, -0.2) is 42.3 Å². The molecule has 20 heavy (non-hydrogen) atoms. The number of methoxy groups -OCH3 is 1. The fourth-order valence-corrected chi connectivity index (χ4v) is 2.68. The molecule has 0 spiro atoms. The molecule has 8 nitrogen and oxygen atoms in total. The highest BCUT2D eigenvalue weighted by molar-refractivity contribution is 7.90. The molecule has 1 heterocycles. The van der Waals surface area contributed by atoms with E-state index >= 15 is 0 Å². The predicted octanol–water partition coefficient (Wildman–Crippen LogP) is -0.285. The van der Waals surface area contributed by atoms with E-state index in [9.17, 15) is 17.2 Å². The van der Waals surface area contributed by atoms with Crippen molar-refractivity contribution < 1.29 is 26.7 Å². The van der Waals surface area contributed by atoms with E-state index in [-0.39, 0.29) is 24.5 Å². The first kappa shape index (κ1) is 16.7. The van der Waals surface area contributed by atoms with Gasteiger partial charge >= 0.3 is 0 Å². The van der Waals surface area contributed by atoms with E-state index < -0.39 is 31.0 Å². The molecule has 0 saturated carbocycles. The topological polar surface area (TPSA) is 129 Å². The summed E-state index contributed by atoms with van der Waals surface area (Å²) in [6, 6.07) is 2.80. The molecule has 1 rings (SSSR count). The highest BCUT2D eigenvalue weighted by Gasteiger charge is 2.19. The van der Waals surface area contributed by atoms with Crippen LogP contribution in [0, 0.1) is 11.3 Å². The van der Waals surface area contributed by atoms with Gasteiger partial charge in [0.15, 0.2) is 14.9 Å². The van der Waals surface area contributed by atoms with Crippen molar-refractivity contribution in [2.75, 3.05) is 20.2 Å². The molecule has 10 heteroatoms. The van der Waals surface area contributed by atoms with Crippen molar-refractivity contribution in [3.8, 4) is 6.07 Å². The number of pyridine rings is 1. The molecule has 1 atom stereocenters. The summed E-state index contributed by atoms with van der Waals surface area (Å²) < 4.78 is 54.8. The Hall–Kier alpha value is -1.38. The van der Waals surface area contributed by atoms with Gasteiger partial charge in [0.1, 0.15) is 17.9 Å². The standard InChI is InChI=1S/C10H12N2O6S2/c1-17-6-18-5-8-3-7(4-11)10(20(2,15)16)12-9(8)19(13)14/h3H,5-6H2,1-2H3,(H,13,14)/p-1. The van der Waals surface area contributed by atoms with Crippen LogP contribution in [0.4, 0.5) is 0 Å². The van der Waals surface area contributed by atoms with Crippen LogP contribution in [0.1, 0.15) is 11.1 Å². The van der Waals surface area contributed by atoms with Crippen molar-refractivity contribution in [1.29, 1.82) is 5.26 Å². The molecule has 0 aliphatic carbocycles. The van der Waals surface area contributed by atoms with Crippen LogP contribution >= 0.6 is 0 Å². The third-order valence-electron chi connectivity index (χ3n) is 2.12. The zero-order valence-corrected chi connectivity index (χ0v) is 12.3. The molecule has 0 bridgehead atoms. The van der Waals surface area contributed by atoms with Gasteiger partial charge in [-0.15, -0.1) is 0 Å². The van der Waals surface area contributed by atoms with E-state index in [1.54, 1.807) is 6.07 Å². The lowest BCUT2D eigenvalue weighted by molar-refractivity contribution is -0.0399. The lowest BCUT2D eigenvalue weighted by Gasteiger charge is -2.13. The summed E-state index contributed by atoms with van der Waals surface area (Å²) in [6.07, 6.45) is 0.842. The normalized spacial score (nSPS) is 12.9. The van der Waals surface area contributed by atoms with Crippen molar-refractivity contribution in [3.05, 3.63) is 17.2 Å². The van der Waals surface area contributed by atoms with E-state index in [0.29, 0.717) is 0 Å². The monoisotopic (exact) mass is 319 g/mol. The van der Waals surface area contributed by atoms with Gasteiger partial charge in [0.2, 0.25) is 0 Å². The highest BCUT2D eigenvalue weighted by Crippen LogP contribution is 2.20. The first-order valence-electron chi connectivity index (χ1n) is 5.11. The lowest BCUT2D eigenvalue weighted by Crippen LogP contribution is -2.11. The molecular weight excluding hydrogens is 308 g/mol. The minimum Gasteiger partial charge on any atom is -0.767 e. The maximum absolute atomic E-state index is 11.5. The molecule has 0 N–H and O–H groups in total. The Balaban J connectivity index is 3.39. The van der Waals surface area contributed by atoms with E-state index in [1.165, 1.54) is 7.11 Å². The third-order valence-corrected chi connectivity index (χ3v) is 3.80. The predicted molar refractivity (Wildman–Crippen MR) is 65.9 cm³/mol. The van der Waals surface area contributed by atoms with Gasteiger partial charge in [-0.25, -0.2) is 13.4 Å². The number of aromatic nitrogens is 1. The van der Waals surface area contributed by atoms with Gasteiger partial charge in [0.25, 0.3) is 0 Å². The summed E-state index contributed by atoms with van der Waals surface area (Å²) in [5.74, 6) is 0. The van der Waals surface area contributed by atoms with Gasteiger partial charge in [-0.2, -0.15) is 5.26 Å². The second-order valence-electron chi connectivity index (χ2n) is 3.68. The van der Waals surface area contributed by atoms with Crippen molar-refractivity contribution in [3.63, 3.8) is 0 Å². The fourth-order valence-electron chi connectivity index (χ4n) is 1.37. The number of hydrogen-bond donors (Lipinski definition) is 0. The fraction of sp³-hybridized carbons (Fsp3) is 0.400. The van der Waals surface area contributed by atoms with Crippen LogP contribution in [-0.2, 0) is 37.0 Å². The quantitative estimate of drug-likeness (QED) is 0.397. The first-order chi connectivity index (χ1) is 9.31. The van der Waals surface area contributed by atoms with Gasteiger partial charge in [-0.05, 0) is 17.1 Å². The van der Waals surface area contributed by atoms with Gasteiger partial charge < -0.3 is 14.0 Å². The first-order valence-corrected chi connectivity index (χ1v) is 8.08. The summed E-state index contributed by atoms with van der Waals surface area (Å²) in [6.45, 7) is -0.260. The van der Waals surface area contributed by atoms with Crippen LogP contribution < -0.4 is 0 Å². The zero-order valence-electron chi connectivity index (χ0n) is 10.7. The van der Waals surface area contributed by atoms with Crippen molar-refractivity contribution in [1.82, 2.24) is 4.98 Å². The minimum absolute atomic E-state index is 0.0827. The summed E-state index contributed by atoms with van der Waals surface area (Å²) in [5, 5.41) is 7.89. The maximum Gasteiger partial charge on any atom is 0.194 e. The Kier molecular flexibility index (Phi) is 5.73. The van der Waals surface area contributed by atoms with Gasteiger partial charge in [0, 0.05) is 18.9 Å². The van der Waals surface area contributed by atoms with Crippen molar-refractivity contribution >= 4 is 20.9 Å². The van der Waals surface area contributed by atoms with Crippen molar-refractivity contribution in [2.45, 2.75) is 16.7 Å². The second-order valence-corrected chi connectivity index (χ2v) is 6.47. The average Bonchev–Trinajstić information content (AvgIpc) is 2.36. The van der Waals surface area contributed by atoms with E-state index in [1.807, 2.05) is 0 Å². The van der Waals surface area contributed by atoms with E-state index in [4.69, 9.17) is 10.00 Å². The highest BCUT2D eigenvalue weighted by atomic mass is 32.2. The third kappa shape index (κ3) is 4.06. The summed E-state index contributed by atoms with van der Waals surface area (Å²) in [7, 11) is -2.43. The van der Waals surface area contributed by atoms with Crippen LogP contribution in [0.5, 0.6) is 0 Å². The van der Waals surface area contributed by atoms with Gasteiger partial charge in [-0.1, -0.05) is 0 Å². The molecule has 0 aromatic carbocycles. The summed E-state index contributed by atoms with van der Waals surface area (Å²) in [4.78, 5) is 3.55. The molecule has 0 aliphatic rings. The number of hydrogen-bond acceptors (Lipinski definition) is 8. The Morgan fingerprint density at radius 1 is 1.55 bits per heavy atom. The minimum atomic E-state index is -3.82. The molecule has 0 saturated heterocycles. The van der Waals surface area contributed by atoms with Crippen LogP contribution in [0.25, 0.3) is 0 Å². The smallest absolute Gasteiger partial charge is 0.194 e. The Morgan fingerprint density at radius 3 is 2.65 bits per heavy atom. The number of rotatable bonds is 6. The number of nitrogens with zero attached hydrogens (tertiary/aromatic N) is 2. The van der Waals surface area contributed by atoms with Crippen LogP contribution in [0.2, 0.25) is 0 Å². The second kappa shape index (κ2) is 6.87. The molecule has 1 aromatic heterocycles. The Bertz CT molecular complexity index is 665. The number of sulfone groups is 1.